The highest BCUT2D eigenvalue weighted by Crippen LogP contribution is 2.40. The molecule has 5 rings (SSSR count). The Morgan fingerprint density at radius 3 is 2.63 bits per heavy atom. The van der Waals surface area contributed by atoms with Gasteiger partial charge in [0.2, 0.25) is 5.78 Å². The van der Waals surface area contributed by atoms with E-state index in [0.717, 1.165) is 0 Å². The second-order valence-corrected chi connectivity index (χ2v) is 10.4. The summed E-state index contributed by atoms with van der Waals surface area (Å²) in [6, 6.07) is 7.46. The molecule has 2 aromatic carbocycles. The van der Waals surface area contributed by atoms with Crippen LogP contribution in [0.5, 0.6) is 11.5 Å². The Morgan fingerprint density at radius 2 is 1.95 bits per heavy atom. The zero-order valence-electron chi connectivity index (χ0n) is 21.3. The van der Waals surface area contributed by atoms with Gasteiger partial charge in [-0.05, 0) is 45.0 Å². The first-order valence-electron chi connectivity index (χ1n) is 12.2. The number of nitrogens with zero attached hydrogens (tertiary/aromatic N) is 3. The molecule has 1 saturated heterocycles. The molecule has 3 heterocycles. The molecule has 11 heteroatoms. The number of benzene rings is 2. The van der Waals surface area contributed by atoms with Crippen molar-refractivity contribution in [1.82, 2.24) is 14.8 Å². The highest BCUT2D eigenvalue weighted by molar-refractivity contribution is 6.15. The summed E-state index contributed by atoms with van der Waals surface area (Å²) in [7, 11) is 0. The SMILES string of the molecule is CC(C)(C)OC(=O)N1CCN(Cc2c(O)ccc3c2OC(=Cc2c[nH]c4ccc([N+](=O)[O-])cc24)C3=O)CC1. The lowest BCUT2D eigenvalue weighted by atomic mass is 10.0. The van der Waals surface area contributed by atoms with Gasteiger partial charge in [0.1, 0.15) is 17.1 Å². The molecule has 0 saturated carbocycles. The van der Waals surface area contributed by atoms with Crippen LogP contribution in [0.1, 0.15) is 42.3 Å². The largest absolute Gasteiger partial charge is 0.507 e. The minimum Gasteiger partial charge on any atom is -0.507 e. The highest BCUT2D eigenvalue weighted by Gasteiger charge is 2.33. The number of nitro groups is 1. The number of non-ortho nitro benzene ring substituents is 1. The van der Waals surface area contributed by atoms with Gasteiger partial charge in [-0.25, -0.2) is 4.79 Å². The van der Waals surface area contributed by atoms with Gasteiger partial charge in [-0.1, -0.05) is 0 Å². The standard InChI is InChI=1S/C27H28N4O7/c1-27(2,3)38-26(34)30-10-8-29(9-11-30)15-20-22(32)7-5-18-24(33)23(37-25(18)20)12-16-14-28-21-6-4-17(31(35)36)13-19(16)21/h4-7,12-14,28,32H,8-11,15H2,1-3H3. The van der Waals surface area contributed by atoms with Crippen molar-refractivity contribution in [3.05, 3.63) is 69.1 Å². The van der Waals surface area contributed by atoms with Crippen LogP contribution < -0.4 is 4.74 Å². The zero-order valence-corrected chi connectivity index (χ0v) is 21.3. The number of phenolic OH excluding ortho intramolecular Hbond substituents is 1. The number of phenols is 1. The van der Waals surface area contributed by atoms with Crippen molar-refractivity contribution in [2.24, 2.45) is 0 Å². The van der Waals surface area contributed by atoms with Crippen molar-refractivity contribution >= 4 is 34.5 Å². The average molecular weight is 521 g/mol. The monoisotopic (exact) mass is 520 g/mol. The second kappa shape index (κ2) is 9.49. The molecule has 1 fully saturated rings. The Bertz CT molecular complexity index is 1480. The molecule has 0 spiro atoms. The zero-order chi connectivity index (χ0) is 27.2. The third kappa shape index (κ3) is 4.92. The molecule has 0 bridgehead atoms. The van der Waals surface area contributed by atoms with Gasteiger partial charge in [0.25, 0.3) is 5.69 Å². The molecule has 1 aromatic heterocycles. The van der Waals surface area contributed by atoms with E-state index >= 15 is 0 Å². The molecule has 2 aliphatic rings. The van der Waals surface area contributed by atoms with Crippen LogP contribution >= 0.6 is 0 Å². The summed E-state index contributed by atoms with van der Waals surface area (Å²) >= 11 is 0. The topological polar surface area (TPSA) is 138 Å². The Labute approximate surface area is 218 Å². The number of allylic oxidation sites excluding steroid dienone is 1. The summed E-state index contributed by atoms with van der Waals surface area (Å²) in [5.74, 6) is 0.0292. The molecule has 0 unspecified atom stereocenters. The number of carbonyl (C=O) groups excluding carboxylic acids is 2. The maximum Gasteiger partial charge on any atom is 0.410 e. The van der Waals surface area contributed by atoms with Gasteiger partial charge in [-0.3, -0.25) is 19.8 Å². The fraction of sp³-hybridized carbons (Fsp3) is 0.333. The molecule has 11 nitrogen and oxygen atoms in total. The summed E-state index contributed by atoms with van der Waals surface area (Å²) in [6.07, 6.45) is 2.85. The lowest BCUT2D eigenvalue weighted by Gasteiger charge is -2.35. The molecular formula is C27H28N4O7. The van der Waals surface area contributed by atoms with Crippen LogP contribution in [-0.4, -0.2) is 68.5 Å². The predicted octanol–water partition coefficient (Wildman–Crippen LogP) is 4.45. The molecule has 2 N–H and O–H groups in total. The average Bonchev–Trinajstić information content (AvgIpc) is 3.40. The number of ether oxygens (including phenoxy) is 2. The van der Waals surface area contributed by atoms with Crippen LogP contribution in [0, 0.1) is 10.1 Å². The number of hydrogen-bond acceptors (Lipinski definition) is 8. The van der Waals surface area contributed by atoms with Crippen LogP contribution in [0.15, 0.2) is 42.3 Å². The number of nitrogens with one attached hydrogen (secondary N) is 1. The van der Waals surface area contributed by atoms with E-state index in [4.69, 9.17) is 9.47 Å². The van der Waals surface area contributed by atoms with Crippen LogP contribution in [0.3, 0.4) is 0 Å². The van der Waals surface area contributed by atoms with E-state index in [0.29, 0.717) is 66.1 Å². The number of carbonyl (C=O) groups is 2. The van der Waals surface area contributed by atoms with Gasteiger partial charge in [-0.15, -0.1) is 0 Å². The maximum absolute atomic E-state index is 13.2. The highest BCUT2D eigenvalue weighted by atomic mass is 16.6. The number of nitro benzene ring substituents is 1. The normalized spacial score (nSPS) is 17.1. The minimum absolute atomic E-state index is 0.00934. The molecule has 3 aromatic rings. The van der Waals surface area contributed by atoms with Gasteiger partial charge in [0.05, 0.1) is 16.1 Å². The predicted molar refractivity (Wildman–Crippen MR) is 139 cm³/mol. The molecule has 0 atom stereocenters. The van der Waals surface area contributed by atoms with Gasteiger partial charge in [0.15, 0.2) is 5.76 Å². The smallest absolute Gasteiger partial charge is 0.410 e. The van der Waals surface area contributed by atoms with Crippen molar-refractivity contribution < 1.29 is 29.1 Å². The van der Waals surface area contributed by atoms with Crippen molar-refractivity contribution in [2.75, 3.05) is 26.2 Å². The van der Waals surface area contributed by atoms with Crippen LogP contribution in [0.2, 0.25) is 0 Å². The molecular weight excluding hydrogens is 492 g/mol. The van der Waals surface area contributed by atoms with Crippen molar-refractivity contribution in [3.63, 3.8) is 0 Å². The lowest BCUT2D eigenvalue weighted by Crippen LogP contribution is -2.49. The van der Waals surface area contributed by atoms with E-state index in [1.165, 1.54) is 24.3 Å². The number of piperazine rings is 1. The molecule has 198 valence electrons. The Morgan fingerprint density at radius 1 is 1.21 bits per heavy atom. The summed E-state index contributed by atoms with van der Waals surface area (Å²) < 4.78 is 11.4. The van der Waals surface area contributed by atoms with E-state index in [-0.39, 0.29) is 29.1 Å². The molecule has 2 aliphatic heterocycles. The van der Waals surface area contributed by atoms with E-state index in [1.54, 1.807) is 23.2 Å². The molecule has 0 radical (unpaired) electrons. The summed E-state index contributed by atoms with van der Waals surface area (Å²) in [6.45, 7) is 7.88. The summed E-state index contributed by atoms with van der Waals surface area (Å²) in [4.78, 5) is 43.0. The number of rotatable bonds is 4. The number of aromatic hydroxyl groups is 1. The fourth-order valence-corrected chi connectivity index (χ4v) is 4.59. The van der Waals surface area contributed by atoms with Gasteiger partial charge in [0, 0.05) is 67.5 Å². The van der Waals surface area contributed by atoms with Gasteiger partial charge >= 0.3 is 6.09 Å². The van der Waals surface area contributed by atoms with Crippen molar-refractivity contribution in [2.45, 2.75) is 32.9 Å². The van der Waals surface area contributed by atoms with E-state index < -0.39 is 10.5 Å². The van der Waals surface area contributed by atoms with Gasteiger partial charge < -0.3 is 24.5 Å². The van der Waals surface area contributed by atoms with E-state index in [9.17, 15) is 24.8 Å². The summed E-state index contributed by atoms with van der Waals surface area (Å²) in [5, 5.41) is 22.4. The first kappa shape index (κ1) is 25.3. The van der Waals surface area contributed by atoms with E-state index in [2.05, 4.69) is 9.88 Å². The summed E-state index contributed by atoms with van der Waals surface area (Å²) in [5.41, 5.74) is 1.46. The third-order valence-corrected chi connectivity index (χ3v) is 6.52. The number of aromatic nitrogens is 1. The Balaban J connectivity index is 1.35. The Kier molecular flexibility index (Phi) is 6.31. The number of H-pyrrole nitrogens is 1. The number of fused-ring (bicyclic) bond motifs is 2. The first-order valence-corrected chi connectivity index (χ1v) is 12.2. The third-order valence-electron chi connectivity index (χ3n) is 6.52. The fourth-order valence-electron chi connectivity index (χ4n) is 4.59. The maximum atomic E-state index is 13.2. The number of amides is 1. The van der Waals surface area contributed by atoms with Crippen LogP contribution in [-0.2, 0) is 11.3 Å². The molecule has 1 amide bonds. The van der Waals surface area contributed by atoms with Crippen molar-refractivity contribution in [1.29, 1.82) is 0 Å². The number of aromatic amines is 1. The minimum atomic E-state index is -0.568. The first-order chi connectivity index (χ1) is 18.0. The lowest BCUT2D eigenvalue weighted by molar-refractivity contribution is -0.384. The van der Waals surface area contributed by atoms with Crippen molar-refractivity contribution in [3.8, 4) is 11.5 Å². The second-order valence-electron chi connectivity index (χ2n) is 10.4. The number of hydrogen-bond donors (Lipinski definition) is 2. The number of ketones is 1. The molecule has 38 heavy (non-hydrogen) atoms. The van der Waals surface area contributed by atoms with Crippen LogP contribution in [0.25, 0.3) is 17.0 Å². The molecule has 0 aliphatic carbocycles. The Hall–Kier alpha value is -4.38. The van der Waals surface area contributed by atoms with E-state index in [1.807, 2.05) is 20.8 Å². The number of Topliss-reactive ketones (excluding diaryl/α,β-unsaturated/α-hetero) is 1. The van der Waals surface area contributed by atoms with Crippen LogP contribution in [0.4, 0.5) is 10.5 Å². The quantitative estimate of drug-likeness (QED) is 0.292. The van der Waals surface area contributed by atoms with Gasteiger partial charge in [-0.2, -0.15) is 0 Å².